The minimum Gasteiger partial charge on any atom is -0.490 e. The number of benzene rings is 1. The van der Waals surface area contributed by atoms with Crippen LogP contribution in [0.3, 0.4) is 0 Å². The fraction of sp³-hybridized carbons (Fsp3) is 0.400. The predicted octanol–water partition coefficient (Wildman–Crippen LogP) is 1.90. The van der Waals surface area contributed by atoms with Gasteiger partial charge in [0.15, 0.2) is 0 Å². The Morgan fingerprint density at radius 1 is 1.42 bits per heavy atom. The van der Waals surface area contributed by atoms with Gasteiger partial charge >= 0.3 is 0 Å². The molecule has 1 saturated carbocycles. The molecule has 2 rings (SSSR count). The lowest BCUT2D eigenvalue weighted by molar-refractivity contribution is -0.0300. The predicted molar refractivity (Wildman–Crippen MR) is 73.3 cm³/mol. The molecule has 0 spiro atoms. The molecule has 1 aliphatic carbocycles. The zero-order valence-electron chi connectivity index (χ0n) is 10.9. The molecular weight excluding hydrogens is 242 g/mol. The summed E-state index contributed by atoms with van der Waals surface area (Å²) >= 11 is 0. The summed E-state index contributed by atoms with van der Waals surface area (Å²) in [5.74, 6) is 0.532. The first-order valence-corrected chi connectivity index (χ1v) is 6.47. The van der Waals surface area contributed by atoms with Crippen molar-refractivity contribution in [2.24, 2.45) is 0 Å². The van der Waals surface area contributed by atoms with Gasteiger partial charge in [-0.05, 0) is 43.5 Å². The second-order valence-corrected chi connectivity index (χ2v) is 4.88. The molecule has 1 aromatic rings. The van der Waals surface area contributed by atoms with Crippen molar-refractivity contribution in [3.8, 4) is 5.75 Å². The Labute approximate surface area is 113 Å². The van der Waals surface area contributed by atoms with E-state index < -0.39 is 5.60 Å². The summed E-state index contributed by atoms with van der Waals surface area (Å²) in [6.07, 6.45) is 4.23. The van der Waals surface area contributed by atoms with Crippen LogP contribution in [-0.4, -0.2) is 29.8 Å². The van der Waals surface area contributed by atoms with Crippen LogP contribution in [0.2, 0.25) is 0 Å². The molecule has 0 radical (unpaired) electrons. The smallest absolute Gasteiger partial charge is 0.251 e. The van der Waals surface area contributed by atoms with E-state index in [1.807, 2.05) is 0 Å². The van der Waals surface area contributed by atoms with Gasteiger partial charge in [0.2, 0.25) is 0 Å². The molecule has 19 heavy (non-hydrogen) atoms. The highest BCUT2D eigenvalue weighted by Gasteiger charge is 2.34. The van der Waals surface area contributed by atoms with Crippen LogP contribution < -0.4 is 10.1 Å². The van der Waals surface area contributed by atoms with Gasteiger partial charge < -0.3 is 15.2 Å². The summed E-state index contributed by atoms with van der Waals surface area (Å²) in [4.78, 5) is 11.9. The molecule has 102 valence electrons. The number of amides is 1. The molecule has 4 nitrogen and oxygen atoms in total. The van der Waals surface area contributed by atoms with Crippen LogP contribution in [0.15, 0.2) is 36.9 Å². The lowest BCUT2D eigenvalue weighted by Gasteiger charge is -2.36. The van der Waals surface area contributed by atoms with Gasteiger partial charge in [0.25, 0.3) is 5.91 Å². The topological polar surface area (TPSA) is 58.6 Å². The second kappa shape index (κ2) is 5.89. The molecule has 2 N–H and O–H groups in total. The van der Waals surface area contributed by atoms with Crippen LogP contribution >= 0.6 is 0 Å². The Morgan fingerprint density at radius 2 is 2.11 bits per heavy atom. The van der Waals surface area contributed by atoms with E-state index in [9.17, 15) is 9.90 Å². The molecule has 4 heteroatoms. The van der Waals surface area contributed by atoms with E-state index in [0.29, 0.717) is 24.5 Å². The Morgan fingerprint density at radius 3 is 2.63 bits per heavy atom. The van der Waals surface area contributed by atoms with Gasteiger partial charge in [-0.1, -0.05) is 12.7 Å². The fourth-order valence-electron chi connectivity index (χ4n) is 1.97. The maximum atomic E-state index is 11.9. The summed E-state index contributed by atoms with van der Waals surface area (Å²) in [7, 11) is 0. The number of rotatable bonds is 6. The highest BCUT2D eigenvalue weighted by molar-refractivity contribution is 5.94. The lowest BCUT2D eigenvalue weighted by Crippen LogP contribution is -2.47. The zero-order valence-corrected chi connectivity index (χ0v) is 10.9. The first kappa shape index (κ1) is 13.6. The van der Waals surface area contributed by atoms with E-state index in [1.54, 1.807) is 30.3 Å². The van der Waals surface area contributed by atoms with Crippen molar-refractivity contribution >= 4 is 5.91 Å². The van der Waals surface area contributed by atoms with Crippen molar-refractivity contribution in [1.29, 1.82) is 0 Å². The molecule has 1 aromatic carbocycles. The maximum Gasteiger partial charge on any atom is 0.251 e. The molecule has 1 amide bonds. The van der Waals surface area contributed by atoms with Crippen molar-refractivity contribution in [2.45, 2.75) is 24.9 Å². The molecule has 0 unspecified atom stereocenters. The van der Waals surface area contributed by atoms with Gasteiger partial charge in [-0.3, -0.25) is 4.79 Å². The first-order valence-electron chi connectivity index (χ1n) is 6.47. The molecule has 0 aromatic heterocycles. The van der Waals surface area contributed by atoms with Crippen LogP contribution in [0.4, 0.5) is 0 Å². The molecule has 0 atom stereocenters. The minimum atomic E-state index is -0.692. The second-order valence-electron chi connectivity index (χ2n) is 4.88. The molecule has 0 bridgehead atoms. The van der Waals surface area contributed by atoms with Crippen molar-refractivity contribution in [1.82, 2.24) is 5.32 Å². The lowest BCUT2D eigenvalue weighted by atomic mass is 9.80. The van der Waals surface area contributed by atoms with Crippen molar-refractivity contribution in [3.63, 3.8) is 0 Å². The van der Waals surface area contributed by atoms with Gasteiger partial charge in [0, 0.05) is 12.1 Å². The third-order valence-corrected chi connectivity index (χ3v) is 3.35. The number of hydrogen-bond acceptors (Lipinski definition) is 3. The van der Waals surface area contributed by atoms with E-state index in [1.165, 1.54) is 0 Å². The average molecular weight is 261 g/mol. The normalized spacial score (nSPS) is 16.3. The van der Waals surface area contributed by atoms with E-state index in [0.717, 1.165) is 19.3 Å². The van der Waals surface area contributed by atoms with E-state index in [4.69, 9.17) is 4.74 Å². The van der Waals surface area contributed by atoms with Crippen LogP contribution in [0.25, 0.3) is 0 Å². The molecular formula is C15H19NO3. The third kappa shape index (κ3) is 3.58. The van der Waals surface area contributed by atoms with Gasteiger partial charge in [-0.25, -0.2) is 0 Å². The highest BCUT2D eigenvalue weighted by Crippen LogP contribution is 2.30. The van der Waals surface area contributed by atoms with Gasteiger partial charge in [-0.2, -0.15) is 0 Å². The highest BCUT2D eigenvalue weighted by atomic mass is 16.5. The van der Waals surface area contributed by atoms with Crippen molar-refractivity contribution in [3.05, 3.63) is 42.5 Å². The SMILES string of the molecule is C=CCOc1ccc(C(=O)NCC2(O)CCC2)cc1. The monoisotopic (exact) mass is 261 g/mol. The zero-order chi connectivity index (χ0) is 13.7. The number of carbonyl (C=O) groups excluding carboxylic acids is 1. The van der Waals surface area contributed by atoms with E-state index in [-0.39, 0.29) is 5.91 Å². The third-order valence-electron chi connectivity index (χ3n) is 3.35. The van der Waals surface area contributed by atoms with Crippen LogP contribution in [0.5, 0.6) is 5.75 Å². The maximum absolute atomic E-state index is 11.9. The van der Waals surface area contributed by atoms with E-state index >= 15 is 0 Å². The Kier molecular flexibility index (Phi) is 4.22. The number of hydrogen-bond donors (Lipinski definition) is 2. The molecule has 1 fully saturated rings. The molecule has 0 saturated heterocycles. The van der Waals surface area contributed by atoms with Gasteiger partial charge in [-0.15, -0.1) is 0 Å². The number of carbonyl (C=O) groups is 1. The molecule has 0 heterocycles. The van der Waals surface area contributed by atoms with Crippen LogP contribution in [-0.2, 0) is 0 Å². The average Bonchev–Trinajstić information content (AvgIpc) is 2.41. The summed E-state index contributed by atoms with van der Waals surface area (Å²) in [6.45, 7) is 4.33. The van der Waals surface area contributed by atoms with E-state index in [2.05, 4.69) is 11.9 Å². The summed E-state index contributed by atoms with van der Waals surface area (Å²) in [6, 6.07) is 6.91. The quantitative estimate of drug-likeness (QED) is 0.769. The van der Waals surface area contributed by atoms with Crippen molar-refractivity contribution < 1.29 is 14.6 Å². The van der Waals surface area contributed by atoms with Crippen LogP contribution in [0.1, 0.15) is 29.6 Å². The number of aliphatic hydroxyl groups is 1. The summed E-state index contributed by atoms with van der Waals surface area (Å²) in [5.41, 5.74) is -0.128. The number of ether oxygens (including phenoxy) is 1. The summed E-state index contributed by atoms with van der Waals surface area (Å²) in [5, 5.41) is 12.7. The van der Waals surface area contributed by atoms with Crippen molar-refractivity contribution in [2.75, 3.05) is 13.2 Å². The first-order chi connectivity index (χ1) is 9.13. The van der Waals surface area contributed by atoms with Gasteiger partial charge in [0.05, 0.1) is 5.60 Å². The molecule has 1 aliphatic rings. The standard InChI is InChI=1S/C15H19NO3/c1-2-10-19-13-6-4-12(5-7-13)14(17)16-11-15(18)8-3-9-15/h2,4-7,18H,1,3,8-11H2,(H,16,17). The van der Waals surface area contributed by atoms with Gasteiger partial charge in [0.1, 0.15) is 12.4 Å². The number of nitrogens with one attached hydrogen (secondary N) is 1. The summed E-state index contributed by atoms with van der Waals surface area (Å²) < 4.78 is 5.34. The largest absolute Gasteiger partial charge is 0.490 e. The Balaban J connectivity index is 1.86. The Bertz CT molecular complexity index is 449. The fourth-order valence-corrected chi connectivity index (χ4v) is 1.97. The molecule has 0 aliphatic heterocycles. The Hall–Kier alpha value is -1.81. The van der Waals surface area contributed by atoms with Crippen LogP contribution in [0, 0.1) is 0 Å². The minimum absolute atomic E-state index is 0.171.